The van der Waals surface area contributed by atoms with E-state index in [-0.39, 0.29) is 29.6 Å². The smallest absolute Gasteiger partial charge is 0.319 e. The highest BCUT2D eigenvalue weighted by atomic mass is 32.2. The van der Waals surface area contributed by atoms with E-state index in [9.17, 15) is 22.9 Å². The molecule has 1 aromatic carbocycles. The Bertz CT molecular complexity index is 1160. The van der Waals surface area contributed by atoms with Crippen LogP contribution in [0.4, 0.5) is 20.7 Å². The number of carbonyl (C=O) groups is 1. The van der Waals surface area contributed by atoms with E-state index in [1.165, 1.54) is 45.7 Å². The largest absolute Gasteiger partial charge is 0.352 e. The molecule has 2 amide bonds. The zero-order valence-corrected chi connectivity index (χ0v) is 20.4. The quantitative estimate of drug-likeness (QED) is 0.594. The van der Waals surface area contributed by atoms with Crippen molar-refractivity contribution in [3.63, 3.8) is 0 Å². The molecule has 2 heterocycles. The molecular weight excluding hydrogens is 459 g/mol. The number of nitriles is 1. The molecular formula is C23H29FN6O3S. The number of benzene rings is 1. The van der Waals surface area contributed by atoms with Gasteiger partial charge in [-0.15, -0.1) is 0 Å². The van der Waals surface area contributed by atoms with Gasteiger partial charge in [0.05, 0.1) is 29.7 Å². The lowest BCUT2D eigenvalue weighted by molar-refractivity contribution is 0.168. The first-order valence-electron chi connectivity index (χ1n) is 11.0. The summed E-state index contributed by atoms with van der Waals surface area (Å²) in [5.74, 6) is -0.0191. The maximum atomic E-state index is 13.3. The van der Waals surface area contributed by atoms with Gasteiger partial charge in [0.1, 0.15) is 17.7 Å². The molecule has 3 rings (SSSR count). The zero-order chi connectivity index (χ0) is 24.9. The Balaban J connectivity index is 1.88. The van der Waals surface area contributed by atoms with Crippen molar-refractivity contribution in [2.45, 2.75) is 19.9 Å². The van der Waals surface area contributed by atoms with Crippen molar-refractivity contribution in [2.75, 3.05) is 55.2 Å². The number of halogens is 1. The van der Waals surface area contributed by atoms with E-state index in [2.05, 4.69) is 11.1 Å². The minimum absolute atomic E-state index is 0.000169. The van der Waals surface area contributed by atoms with Gasteiger partial charge in [-0.1, -0.05) is 19.1 Å². The highest BCUT2D eigenvalue weighted by molar-refractivity contribution is 7.92. The van der Waals surface area contributed by atoms with Crippen LogP contribution in [0.5, 0.6) is 0 Å². The van der Waals surface area contributed by atoms with Crippen LogP contribution in [0.3, 0.4) is 0 Å². The molecule has 2 aromatic rings. The van der Waals surface area contributed by atoms with Crippen LogP contribution in [0.25, 0.3) is 0 Å². The number of hydrogen-bond donors (Lipinski definition) is 0. The Morgan fingerprint density at radius 2 is 1.82 bits per heavy atom. The van der Waals surface area contributed by atoms with Gasteiger partial charge >= 0.3 is 6.03 Å². The monoisotopic (exact) mass is 488 g/mol. The third-order valence-electron chi connectivity index (χ3n) is 5.53. The predicted octanol–water partition coefficient (Wildman–Crippen LogP) is 2.64. The summed E-state index contributed by atoms with van der Waals surface area (Å²) in [4.78, 5) is 21.8. The van der Waals surface area contributed by atoms with E-state index in [4.69, 9.17) is 0 Å². The second-order valence-corrected chi connectivity index (χ2v) is 10.3. The zero-order valence-electron chi connectivity index (χ0n) is 19.6. The van der Waals surface area contributed by atoms with Crippen LogP contribution in [0.15, 0.2) is 36.5 Å². The second kappa shape index (κ2) is 10.7. The molecule has 0 saturated carbocycles. The van der Waals surface area contributed by atoms with E-state index in [0.717, 1.165) is 0 Å². The van der Waals surface area contributed by atoms with Crippen molar-refractivity contribution >= 4 is 27.6 Å². The van der Waals surface area contributed by atoms with E-state index >= 15 is 0 Å². The summed E-state index contributed by atoms with van der Waals surface area (Å²) in [6, 6.07) is 9.21. The Morgan fingerprint density at radius 3 is 2.38 bits per heavy atom. The fourth-order valence-corrected chi connectivity index (χ4v) is 5.29. The minimum atomic E-state index is -3.69. The number of carbonyl (C=O) groups excluding carboxylic acids is 1. The van der Waals surface area contributed by atoms with Gasteiger partial charge in [-0.05, 0) is 30.2 Å². The van der Waals surface area contributed by atoms with Gasteiger partial charge in [0, 0.05) is 40.3 Å². The third-order valence-corrected chi connectivity index (χ3v) is 7.47. The summed E-state index contributed by atoms with van der Waals surface area (Å²) in [5, 5.41) is 9.80. The molecule has 182 valence electrons. The van der Waals surface area contributed by atoms with Crippen LogP contribution in [0.2, 0.25) is 0 Å². The molecule has 0 atom stereocenters. The highest BCUT2D eigenvalue weighted by Gasteiger charge is 2.27. The summed E-state index contributed by atoms with van der Waals surface area (Å²) in [6.07, 6.45) is 1.87. The summed E-state index contributed by atoms with van der Waals surface area (Å²) in [6.45, 7) is 3.78. The van der Waals surface area contributed by atoms with Crippen molar-refractivity contribution in [1.29, 1.82) is 5.26 Å². The van der Waals surface area contributed by atoms with Crippen molar-refractivity contribution in [3.8, 4) is 6.07 Å². The molecule has 1 saturated heterocycles. The fourth-order valence-electron chi connectivity index (χ4n) is 3.78. The Labute approximate surface area is 200 Å². The number of nitrogens with zero attached hydrogens (tertiary/aromatic N) is 6. The lowest BCUT2D eigenvalue weighted by Crippen LogP contribution is -2.51. The van der Waals surface area contributed by atoms with Gasteiger partial charge in [0.2, 0.25) is 10.0 Å². The summed E-state index contributed by atoms with van der Waals surface area (Å²) < 4.78 is 40.6. The third kappa shape index (κ3) is 5.75. The number of amides is 2. The Kier molecular flexibility index (Phi) is 7.94. The van der Waals surface area contributed by atoms with Crippen molar-refractivity contribution in [2.24, 2.45) is 0 Å². The number of hydrogen-bond acceptors (Lipinski definition) is 6. The standard InChI is InChI=1S/C23H29FN6O3S/c1-4-13-34(32,33)30(17-18-5-7-20(24)8-6-18)21-14-19(15-25)22(26-16-21)28-9-11-29(12-10-28)23(31)27(2)3/h5-8,14,16H,4,9-13,17H2,1-3H3. The summed E-state index contributed by atoms with van der Waals surface area (Å²) in [5.41, 5.74) is 1.14. The summed E-state index contributed by atoms with van der Waals surface area (Å²) in [7, 11) is -0.291. The van der Waals surface area contributed by atoms with E-state index in [1.54, 1.807) is 25.9 Å². The lowest BCUT2D eigenvalue weighted by atomic mass is 10.2. The molecule has 0 aliphatic carbocycles. The van der Waals surface area contributed by atoms with Crippen LogP contribution in [0.1, 0.15) is 24.5 Å². The van der Waals surface area contributed by atoms with Crippen LogP contribution in [0, 0.1) is 17.1 Å². The van der Waals surface area contributed by atoms with Crippen LogP contribution < -0.4 is 9.21 Å². The number of aromatic nitrogens is 1. The maximum absolute atomic E-state index is 13.3. The van der Waals surface area contributed by atoms with E-state index in [0.29, 0.717) is 44.0 Å². The molecule has 0 spiro atoms. The average Bonchev–Trinajstić information content (AvgIpc) is 2.82. The SMILES string of the molecule is CCCS(=O)(=O)N(Cc1ccc(F)cc1)c1cnc(N2CCN(C(=O)N(C)C)CC2)c(C#N)c1. The number of rotatable bonds is 7. The number of piperazine rings is 1. The molecule has 0 unspecified atom stereocenters. The molecule has 0 bridgehead atoms. The number of pyridine rings is 1. The molecule has 1 aliphatic heterocycles. The highest BCUT2D eigenvalue weighted by Crippen LogP contribution is 2.27. The van der Waals surface area contributed by atoms with Crippen molar-refractivity contribution < 1.29 is 17.6 Å². The number of urea groups is 1. The Morgan fingerprint density at radius 1 is 1.18 bits per heavy atom. The fraction of sp³-hybridized carbons (Fsp3) is 0.435. The molecule has 1 fully saturated rings. The first kappa shape index (κ1) is 25.2. The van der Waals surface area contributed by atoms with Gasteiger partial charge in [0.25, 0.3) is 0 Å². The number of sulfonamides is 1. The normalized spacial score (nSPS) is 14.0. The van der Waals surface area contributed by atoms with Gasteiger partial charge in [-0.3, -0.25) is 4.31 Å². The molecule has 1 aliphatic rings. The van der Waals surface area contributed by atoms with Gasteiger partial charge in [-0.2, -0.15) is 5.26 Å². The average molecular weight is 489 g/mol. The van der Waals surface area contributed by atoms with E-state index in [1.807, 2.05) is 4.90 Å². The van der Waals surface area contributed by atoms with Gasteiger partial charge < -0.3 is 14.7 Å². The summed E-state index contributed by atoms with van der Waals surface area (Å²) >= 11 is 0. The van der Waals surface area contributed by atoms with Crippen LogP contribution in [-0.4, -0.2) is 75.3 Å². The van der Waals surface area contributed by atoms with Crippen molar-refractivity contribution in [3.05, 3.63) is 53.5 Å². The maximum Gasteiger partial charge on any atom is 0.319 e. The molecule has 9 nitrogen and oxygen atoms in total. The molecule has 34 heavy (non-hydrogen) atoms. The topological polar surface area (TPSA) is 101 Å². The van der Waals surface area contributed by atoms with E-state index < -0.39 is 15.8 Å². The van der Waals surface area contributed by atoms with Gasteiger partial charge in [-0.25, -0.2) is 22.6 Å². The predicted molar refractivity (Wildman–Crippen MR) is 128 cm³/mol. The molecule has 0 radical (unpaired) electrons. The first-order chi connectivity index (χ1) is 16.2. The number of anilines is 2. The lowest BCUT2D eigenvalue weighted by Gasteiger charge is -2.37. The Hall–Kier alpha value is -3.39. The van der Waals surface area contributed by atoms with Crippen LogP contribution >= 0.6 is 0 Å². The minimum Gasteiger partial charge on any atom is -0.352 e. The molecule has 11 heteroatoms. The van der Waals surface area contributed by atoms with Crippen molar-refractivity contribution in [1.82, 2.24) is 14.8 Å². The molecule has 0 N–H and O–H groups in total. The molecule has 1 aromatic heterocycles. The van der Waals surface area contributed by atoms with Crippen LogP contribution in [-0.2, 0) is 16.6 Å². The second-order valence-electron chi connectivity index (χ2n) is 8.28. The van der Waals surface area contributed by atoms with Gasteiger partial charge in [0.15, 0.2) is 0 Å². The first-order valence-corrected chi connectivity index (χ1v) is 12.6.